The van der Waals surface area contributed by atoms with Crippen LogP contribution < -0.4 is 15.9 Å². The second-order valence-electron chi connectivity index (χ2n) is 6.63. The molecule has 0 bridgehead atoms. The number of imidazole rings is 1. The highest BCUT2D eigenvalue weighted by Crippen LogP contribution is 2.24. The lowest BCUT2D eigenvalue weighted by Crippen LogP contribution is -2.35. The first-order chi connectivity index (χ1) is 13.1. The molecular formula is C20H20N4O3. The van der Waals surface area contributed by atoms with Crippen molar-refractivity contribution in [3.05, 3.63) is 65.1 Å². The summed E-state index contributed by atoms with van der Waals surface area (Å²) in [7, 11) is 0. The first kappa shape index (κ1) is 17.1. The largest absolute Gasteiger partial charge is 0.354 e. The Bertz CT molecular complexity index is 1040. The SMILES string of the molecule is O=C(NCCn1c(=O)[nH]c2ccccc21)C1CC(=O)N(c2ccccc2)C1. The zero-order valence-electron chi connectivity index (χ0n) is 14.7. The van der Waals surface area contributed by atoms with E-state index in [0.29, 0.717) is 19.6 Å². The van der Waals surface area contributed by atoms with E-state index >= 15 is 0 Å². The molecule has 1 saturated heterocycles. The third kappa shape index (κ3) is 3.36. The number of rotatable bonds is 5. The molecule has 1 aliphatic heterocycles. The summed E-state index contributed by atoms with van der Waals surface area (Å²) >= 11 is 0. The number of amides is 2. The van der Waals surface area contributed by atoms with Crippen LogP contribution in [0.5, 0.6) is 0 Å². The fourth-order valence-electron chi connectivity index (χ4n) is 3.50. The van der Waals surface area contributed by atoms with Crippen molar-refractivity contribution in [3.8, 4) is 0 Å². The Hall–Kier alpha value is -3.35. The highest BCUT2D eigenvalue weighted by atomic mass is 16.2. The number of benzene rings is 2. The van der Waals surface area contributed by atoms with Crippen LogP contribution in [0.3, 0.4) is 0 Å². The third-order valence-corrected chi connectivity index (χ3v) is 4.88. The lowest BCUT2D eigenvalue weighted by Gasteiger charge is -2.16. The standard InChI is InChI=1S/C20H20N4O3/c25-18-12-14(13-24(18)15-6-2-1-3-7-15)19(26)21-10-11-23-17-9-5-4-8-16(17)22-20(23)27/h1-9,14H,10-13H2,(H,21,26)(H,22,27). The number of aromatic amines is 1. The van der Waals surface area contributed by atoms with Gasteiger partial charge in [0.25, 0.3) is 0 Å². The number of anilines is 1. The Kier molecular flexibility index (Phi) is 4.50. The quantitative estimate of drug-likeness (QED) is 0.719. The molecule has 0 aliphatic carbocycles. The average molecular weight is 364 g/mol. The maximum Gasteiger partial charge on any atom is 0.326 e. The smallest absolute Gasteiger partial charge is 0.326 e. The molecule has 27 heavy (non-hydrogen) atoms. The van der Waals surface area contributed by atoms with Crippen molar-refractivity contribution in [1.82, 2.24) is 14.9 Å². The highest BCUT2D eigenvalue weighted by molar-refractivity contribution is 6.00. The number of hydrogen-bond donors (Lipinski definition) is 2. The van der Waals surface area contributed by atoms with Crippen LogP contribution in [-0.4, -0.2) is 34.5 Å². The van der Waals surface area contributed by atoms with Gasteiger partial charge >= 0.3 is 5.69 Å². The fourth-order valence-corrected chi connectivity index (χ4v) is 3.50. The molecule has 0 radical (unpaired) electrons. The minimum Gasteiger partial charge on any atom is -0.354 e. The number of carbonyl (C=O) groups is 2. The Morgan fingerprint density at radius 3 is 2.63 bits per heavy atom. The molecule has 1 aromatic heterocycles. The van der Waals surface area contributed by atoms with Crippen LogP contribution in [0.2, 0.25) is 0 Å². The molecule has 7 heteroatoms. The molecule has 2 amide bonds. The van der Waals surface area contributed by atoms with Gasteiger partial charge in [0.2, 0.25) is 11.8 Å². The zero-order chi connectivity index (χ0) is 18.8. The Morgan fingerprint density at radius 1 is 1.07 bits per heavy atom. The number of nitrogens with one attached hydrogen (secondary N) is 2. The average Bonchev–Trinajstić information content (AvgIpc) is 3.22. The molecule has 2 heterocycles. The van der Waals surface area contributed by atoms with Gasteiger partial charge in [-0.25, -0.2) is 4.79 Å². The molecule has 1 aliphatic rings. The van der Waals surface area contributed by atoms with Crippen LogP contribution in [-0.2, 0) is 16.1 Å². The lowest BCUT2D eigenvalue weighted by atomic mass is 10.1. The van der Waals surface area contributed by atoms with Gasteiger partial charge < -0.3 is 15.2 Å². The summed E-state index contributed by atoms with van der Waals surface area (Å²) < 4.78 is 1.60. The molecule has 1 unspecified atom stereocenters. The summed E-state index contributed by atoms with van der Waals surface area (Å²) in [5.41, 5.74) is 2.19. The summed E-state index contributed by atoms with van der Waals surface area (Å²) in [6.45, 7) is 1.08. The third-order valence-electron chi connectivity index (χ3n) is 4.88. The van der Waals surface area contributed by atoms with E-state index in [2.05, 4.69) is 10.3 Å². The fraction of sp³-hybridized carbons (Fsp3) is 0.250. The van der Waals surface area contributed by atoms with E-state index in [1.165, 1.54) is 0 Å². The van der Waals surface area contributed by atoms with E-state index < -0.39 is 0 Å². The summed E-state index contributed by atoms with van der Waals surface area (Å²) in [5, 5.41) is 2.86. The summed E-state index contributed by atoms with van der Waals surface area (Å²) in [5.74, 6) is -0.582. The van der Waals surface area contributed by atoms with Gasteiger partial charge in [-0.1, -0.05) is 30.3 Å². The number of H-pyrrole nitrogens is 1. The van der Waals surface area contributed by atoms with E-state index in [4.69, 9.17) is 0 Å². The number of fused-ring (bicyclic) bond motifs is 1. The van der Waals surface area contributed by atoms with Crippen molar-refractivity contribution >= 4 is 28.5 Å². The molecule has 1 atom stereocenters. The topological polar surface area (TPSA) is 87.2 Å². The van der Waals surface area contributed by atoms with Crippen LogP contribution in [0.15, 0.2) is 59.4 Å². The van der Waals surface area contributed by atoms with Crippen LogP contribution in [0.1, 0.15) is 6.42 Å². The Morgan fingerprint density at radius 2 is 1.81 bits per heavy atom. The van der Waals surface area contributed by atoms with Gasteiger partial charge in [-0.15, -0.1) is 0 Å². The minimum atomic E-state index is -0.377. The molecule has 138 valence electrons. The maximum atomic E-state index is 12.5. The predicted octanol–water partition coefficient (Wildman–Crippen LogP) is 1.50. The second kappa shape index (κ2) is 7.11. The van der Waals surface area contributed by atoms with Crippen molar-refractivity contribution in [2.24, 2.45) is 5.92 Å². The molecule has 3 aromatic rings. The molecule has 4 rings (SSSR count). The van der Waals surface area contributed by atoms with Crippen molar-refractivity contribution < 1.29 is 9.59 Å². The number of carbonyl (C=O) groups excluding carboxylic acids is 2. The molecule has 2 aromatic carbocycles. The second-order valence-corrected chi connectivity index (χ2v) is 6.63. The Balaban J connectivity index is 1.37. The summed E-state index contributed by atoms with van der Waals surface area (Å²) in [4.78, 5) is 41.2. The van der Waals surface area contributed by atoms with Gasteiger partial charge in [0.15, 0.2) is 0 Å². The summed E-state index contributed by atoms with van der Waals surface area (Å²) in [6, 6.07) is 16.8. The number of para-hydroxylation sites is 3. The van der Waals surface area contributed by atoms with Gasteiger partial charge in [-0.3, -0.25) is 14.2 Å². The monoisotopic (exact) mass is 364 g/mol. The molecule has 2 N–H and O–H groups in total. The van der Waals surface area contributed by atoms with Crippen LogP contribution in [0, 0.1) is 5.92 Å². The molecular weight excluding hydrogens is 344 g/mol. The number of nitrogens with zero attached hydrogens (tertiary/aromatic N) is 2. The maximum absolute atomic E-state index is 12.5. The Labute approximate surface area is 155 Å². The van der Waals surface area contributed by atoms with E-state index in [1.54, 1.807) is 9.47 Å². The van der Waals surface area contributed by atoms with Gasteiger partial charge in [0.1, 0.15) is 0 Å². The lowest BCUT2D eigenvalue weighted by molar-refractivity contribution is -0.126. The predicted molar refractivity (Wildman–Crippen MR) is 102 cm³/mol. The van der Waals surface area contributed by atoms with Gasteiger partial charge in [0, 0.05) is 31.7 Å². The first-order valence-electron chi connectivity index (χ1n) is 8.94. The van der Waals surface area contributed by atoms with Gasteiger partial charge in [-0.05, 0) is 24.3 Å². The van der Waals surface area contributed by atoms with E-state index in [1.807, 2.05) is 54.6 Å². The van der Waals surface area contributed by atoms with Gasteiger partial charge in [0.05, 0.1) is 17.0 Å². The molecule has 0 spiro atoms. The molecule has 0 saturated carbocycles. The van der Waals surface area contributed by atoms with Crippen LogP contribution in [0.25, 0.3) is 11.0 Å². The normalized spacial score (nSPS) is 16.8. The number of hydrogen-bond acceptors (Lipinski definition) is 3. The van der Waals surface area contributed by atoms with E-state index in [0.717, 1.165) is 16.7 Å². The van der Waals surface area contributed by atoms with Crippen molar-refractivity contribution in [3.63, 3.8) is 0 Å². The van der Waals surface area contributed by atoms with Crippen molar-refractivity contribution in [1.29, 1.82) is 0 Å². The van der Waals surface area contributed by atoms with Crippen LogP contribution >= 0.6 is 0 Å². The van der Waals surface area contributed by atoms with Crippen molar-refractivity contribution in [2.75, 3.05) is 18.0 Å². The van der Waals surface area contributed by atoms with Crippen LogP contribution in [0.4, 0.5) is 5.69 Å². The molecule has 7 nitrogen and oxygen atoms in total. The first-order valence-corrected chi connectivity index (χ1v) is 8.94. The van der Waals surface area contributed by atoms with E-state index in [9.17, 15) is 14.4 Å². The zero-order valence-corrected chi connectivity index (χ0v) is 14.7. The number of aromatic nitrogens is 2. The highest BCUT2D eigenvalue weighted by Gasteiger charge is 2.34. The summed E-state index contributed by atoms with van der Waals surface area (Å²) in [6.07, 6.45) is 0.202. The van der Waals surface area contributed by atoms with E-state index in [-0.39, 0.29) is 29.8 Å². The minimum absolute atomic E-state index is 0.0470. The van der Waals surface area contributed by atoms with Gasteiger partial charge in [-0.2, -0.15) is 0 Å². The van der Waals surface area contributed by atoms with Crippen molar-refractivity contribution in [2.45, 2.75) is 13.0 Å². The molecule has 1 fully saturated rings.